The Kier molecular flexibility index (Phi) is 6.45. The fraction of sp³-hybridized carbons (Fsp3) is 0.222. The lowest BCUT2D eigenvalue weighted by molar-refractivity contribution is -0.137. The second-order valence-electron chi connectivity index (χ2n) is 5.93. The Morgan fingerprint density at radius 3 is 2.21 bits per heavy atom. The minimum absolute atomic E-state index is 0.0701. The van der Waals surface area contributed by atoms with E-state index in [9.17, 15) is 31.2 Å². The number of amides is 1. The van der Waals surface area contributed by atoms with Crippen LogP contribution in [0.3, 0.4) is 0 Å². The van der Waals surface area contributed by atoms with Crippen LogP contribution in [0.2, 0.25) is 0 Å². The number of esters is 1. The van der Waals surface area contributed by atoms with Gasteiger partial charge in [0.25, 0.3) is 5.91 Å². The van der Waals surface area contributed by atoms with Crippen LogP contribution in [0.15, 0.2) is 48.5 Å². The molecule has 0 aliphatic rings. The molecule has 0 spiro atoms. The molecule has 0 aromatic heterocycles. The zero-order chi connectivity index (χ0) is 20.9. The number of para-hydroxylation sites is 1. The van der Waals surface area contributed by atoms with Gasteiger partial charge in [0.1, 0.15) is 0 Å². The average Bonchev–Trinajstić information content (AvgIpc) is 2.58. The summed E-state index contributed by atoms with van der Waals surface area (Å²) in [5.74, 6) is -1.99. The molecule has 2 aromatic rings. The van der Waals surface area contributed by atoms with E-state index < -0.39 is 45.7 Å². The molecule has 0 atom stereocenters. The van der Waals surface area contributed by atoms with E-state index in [0.717, 1.165) is 18.4 Å². The maximum atomic E-state index is 12.9. The first-order chi connectivity index (χ1) is 13.0. The van der Waals surface area contributed by atoms with Crippen molar-refractivity contribution in [1.82, 2.24) is 0 Å². The number of carbonyl (C=O) groups is 2. The summed E-state index contributed by atoms with van der Waals surface area (Å²) in [4.78, 5) is 23.7. The summed E-state index contributed by atoms with van der Waals surface area (Å²) in [7, 11) is -3.22. The maximum absolute atomic E-state index is 12.9. The van der Waals surface area contributed by atoms with Crippen molar-refractivity contribution in [1.29, 1.82) is 0 Å². The summed E-state index contributed by atoms with van der Waals surface area (Å²) >= 11 is 0. The number of benzene rings is 2. The van der Waals surface area contributed by atoms with Crippen molar-refractivity contribution in [3.63, 3.8) is 0 Å². The lowest BCUT2D eigenvalue weighted by Gasteiger charge is -2.13. The van der Waals surface area contributed by atoms with Crippen molar-refractivity contribution in [3.8, 4) is 0 Å². The molecule has 1 N–H and O–H groups in total. The number of carbonyl (C=O) groups excluding carboxylic acids is 2. The van der Waals surface area contributed by atoms with Gasteiger partial charge in [-0.3, -0.25) is 4.79 Å². The molecule has 0 aliphatic carbocycles. The number of sulfone groups is 1. The van der Waals surface area contributed by atoms with Gasteiger partial charge in [0.15, 0.2) is 16.4 Å². The van der Waals surface area contributed by atoms with Crippen molar-refractivity contribution in [2.45, 2.75) is 11.9 Å². The Hall–Kier alpha value is -2.88. The highest BCUT2D eigenvalue weighted by atomic mass is 32.2. The number of halogens is 3. The van der Waals surface area contributed by atoms with Crippen LogP contribution in [0.5, 0.6) is 0 Å². The highest BCUT2D eigenvalue weighted by Crippen LogP contribution is 2.34. The highest BCUT2D eigenvalue weighted by molar-refractivity contribution is 7.89. The van der Waals surface area contributed by atoms with E-state index in [4.69, 9.17) is 4.74 Å². The molecule has 1 amide bonds. The van der Waals surface area contributed by atoms with E-state index in [0.29, 0.717) is 5.56 Å². The monoisotopic (exact) mass is 415 g/mol. The quantitative estimate of drug-likeness (QED) is 0.733. The second kappa shape index (κ2) is 8.42. The molecular weight excluding hydrogens is 399 g/mol. The Morgan fingerprint density at radius 1 is 1.04 bits per heavy atom. The first-order valence-electron chi connectivity index (χ1n) is 7.85. The summed E-state index contributed by atoms with van der Waals surface area (Å²) in [5.41, 5.74) is -0.918. The van der Waals surface area contributed by atoms with E-state index in [1.165, 1.54) is 36.4 Å². The van der Waals surface area contributed by atoms with Crippen LogP contribution in [0.25, 0.3) is 0 Å². The normalized spacial score (nSPS) is 11.7. The largest absolute Gasteiger partial charge is 0.452 e. The molecule has 6 nitrogen and oxygen atoms in total. The summed E-state index contributed by atoms with van der Waals surface area (Å²) in [6, 6.07) is 9.94. The minimum Gasteiger partial charge on any atom is -0.452 e. The molecule has 28 heavy (non-hydrogen) atoms. The Labute approximate surface area is 159 Å². The number of alkyl halides is 3. The molecule has 2 aromatic carbocycles. The first-order valence-corrected chi connectivity index (χ1v) is 9.91. The Balaban J connectivity index is 1.95. The SMILES string of the molecule is CS(=O)(=O)Cc1ccc(C(=O)OCC(=O)Nc2ccccc2C(F)(F)F)cc1. The van der Waals surface area contributed by atoms with Gasteiger partial charge in [-0.1, -0.05) is 24.3 Å². The number of hydrogen-bond acceptors (Lipinski definition) is 5. The fourth-order valence-electron chi connectivity index (χ4n) is 2.28. The van der Waals surface area contributed by atoms with Crippen LogP contribution < -0.4 is 5.32 Å². The van der Waals surface area contributed by atoms with Gasteiger partial charge in [0.05, 0.1) is 22.6 Å². The number of rotatable bonds is 6. The predicted molar refractivity (Wildman–Crippen MR) is 95.3 cm³/mol. The number of ether oxygens (including phenoxy) is 1. The smallest absolute Gasteiger partial charge is 0.418 e. The van der Waals surface area contributed by atoms with Crippen molar-refractivity contribution in [3.05, 3.63) is 65.2 Å². The van der Waals surface area contributed by atoms with E-state index in [1.807, 2.05) is 0 Å². The van der Waals surface area contributed by atoms with Gasteiger partial charge in [0.2, 0.25) is 0 Å². The molecule has 0 fully saturated rings. The van der Waals surface area contributed by atoms with Gasteiger partial charge < -0.3 is 10.1 Å². The van der Waals surface area contributed by atoms with Gasteiger partial charge in [0, 0.05) is 6.26 Å². The molecule has 0 radical (unpaired) electrons. The number of nitrogens with one attached hydrogen (secondary N) is 1. The molecule has 0 unspecified atom stereocenters. The van der Waals surface area contributed by atoms with E-state index >= 15 is 0 Å². The molecule has 0 saturated carbocycles. The van der Waals surface area contributed by atoms with E-state index in [2.05, 4.69) is 5.32 Å². The summed E-state index contributed by atoms with van der Waals surface area (Å²) < 4.78 is 65.9. The first kappa shape index (κ1) is 21.4. The lowest BCUT2D eigenvalue weighted by atomic mass is 10.1. The third-order valence-corrected chi connectivity index (χ3v) is 4.32. The zero-order valence-electron chi connectivity index (χ0n) is 14.6. The molecule has 0 bridgehead atoms. The van der Waals surface area contributed by atoms with Crippen molar-refractivity contribution in [2.75, 3.05) is 18.2 Å². The molecule has 0 aliphatic heterocycles. The van der Waals surface area contributed by atoms with E-state index in [1.54, 1.807) is 0 Å². The average molecular weight is 415 g/mol. The molecule has 2 rings (SSSR count). The number of hydrogen-bond donors (Lipinski definition) is 1. The fourth-order valence-corrected chi connectivity index (χ4v) is 3.08. The Bertz CT molecular complexity index is 969. The van der Waals surface area contributed by atoms with Crippen molar-refractivity contribution >= 4 is 27.4 Å². The lowest BCUT2D eigenvalue weighted by Crippen LogP contribution is -2.22. The van der Waals surface area contributed by atoms with Crippen LogP contribution in [-0.2, 0) is 31.3 Å². The molecular formula is C18H16F3NO5S. The van der Waals surface area contributed by atoms with Gasteiger partial charge in [-0.05, 0) is 29.8 Å². The van der Waals surface area contributed by atoms with Gasteiger partial charge in [-0.2, -0.15) is 13.2 Å². The van der Waals surface area contributed by atoms with Crippen LogP contribution in [0.4, 0.5) is 18.9 Å². The highest BCUT2D eigenvalue weighted by Gasteiger charge is 2.33. The standard InChI is InChI=1S/C18H16F3NO5S/c1-28(25,26)11-12-6-8-13(9-7-12)17(24)27-10-16(23)22-15-5-3-2-4-14(15)18(19,20)21/h2-9H,10-11H2,1H3,(H,22,23). The molecule has 0 heterocycles. The topological polar surface area (TPSA) is 89.5 Å². The molecule has 10 heteroatoms. The molecule has 150 valence electrons. The Morgan fingerprint density at radius 2 is 1.64 bits per heavy atom. The van der Waals surface area contributed by atoms with Crippen LogP contribution in [-0.4, -0.2) is 33.2 Å². The van der Waals surface area contributed by atoms with Crippen LogP contribution in [0.1, 0.15) is 21.5 Å². The van der Waals surface area contributed by atoms with Crippen LogP contribution >= 0.6 is 0 Å². The van der Waals surface area contributed by atoms with Gasteiger partial charge >= 0.3 is 12.1 Å². The predicted octanol–water partition coefficient (Wildman–Crippen LogP) is 3.05. The third-order valence-electron chi connectivity index (χ3n) is 3.46. The number of anilines is 1. The maximum Gasteiger partial charge on any atom is 0.418 e. The van der Waals surface area contributed by atoms with Gasteiger partial charge in [-0.25, -0.2) is 13.2 Å². The third kappa shape index (κ3) is 6.38. The summed E-state index contributed by atoms with van der Waals surface area (Å²) in [5, 5.41) is 2.06. The van der Waals surface area contributed by atoms with Crippen LogP contribution in [0, 0.1) is 0 Å². The molecule has 0 saturated heterocycles. The summed E-state index contributed by atoms with van der Waals surface area (Å²) in [6.45, 7) is -0.782. The zero-order valence-corrected chi connectivity index (χ0v) is 15.4. The summed E-state index contributed by atoms with van der Waals surface area (Å²) in [6.07, 6.45) is -3.57. The van der Waals surface area contributed by atoms with E-state index in [-0.39, 0.29) is 11.3 Å². The minimum atomic E-state index is -4.64. The van der Waals surface area contributed by atoms with Gasteiger partial charge in [-0.15, -0.1) is 0 Å². The second-order valence-corrected chi connectivity index (χ2v) is 8.07. The van der Waals surface area contributed by atoms with Crippen molar-refractivity contribution < 1.29 is 35.9 Å². The van der Waals surface area contributed by atoms with Crippen molar-refractivity contribution in [2.24, 2.45) is 0 Å².